The largest absolute Gasteiger partial charge is 0.465 e. The first-order valence-electron chi connectivity index (χ1n) is 5.40. The van der Waals surface area contributed by atoms with E-state index in [1.165, 1.54) is 0 Å². The number of benzene rings is 1. The molecular weight excluding hydrogens is 277 g/mol. The van der Waals surface area contributed by atoms with E-state index in [9.17, 15) is 17.6 Å². The van der Waals surface area contributed by atoms with Crippen molar-refractivity contribution in [3.63, 3.8) is 0 Å². The fraction of sp³-hybridized carbons (Fsp3) is 0.364. The minimum absolute atomic E-state index is 0.0179. The molecule has 2 N–H and O–H groups in total. The summed E-state index contributed by atoms with van der Waals surface area (Å²) in [6.45, 7) is -0.203. The maximum atomic E-state index is 13.1. The molecular formula is C11H14FNO5S. The first-order chi connectivity index (χ1) is 8.92. The van der Waals surface area contributed by atoms with E-state index in [0.717, 1.165) is 25.3 Å². The van der Waals surface area contributed by atoms with Crippen molar-refractivity contribution < 1.29 is 27.4 Å². The Morgan fingerprint density at radius 1 is 1.47 bits per heavy atom. The summed E-state index contributed by atoms with van der Waals surface area (Å²) in [7, 11) is -2.94. The minimum Gasteiger partial charge on any atom is -0.465 e. The Morgan fingerprint density at radius 3 is 2.74 bits per heavy atom. The number of halogens is 1. The number of aliphatic hydroxyl groups is 1. The maximum absolute atomic E-state index is 13.1. The number of nitrogens with one attached hydrogen (secondary N) is 1. The van der Waals surface area contributed by atoms with Crippen molar-refractivity contribution in [2.45, 2.75) is 11.3 Å². The summed E-state index contributed by atoms with van der Waals surface area (Å²) in [5, 5.41) is 8.59. The summed E-state index contributed by atoms with van der Waals surface area (Å²) >= 11 is 0. The molecule has 0 amide bonds. The van der Waals surface area contributed by atoms with Gasteiger partial charge in [-0.25, -0.2) is 22.3 Å². The molecule has 0 radical (unpaired) electrons. The minimum atomic E-state index is -4.04. The summed E-state index contributed by atoms with van der Waals surface area (Å²) in [6, 6.07) is 2.76. The SMILES string of the molecule is COC(=O)c1ccc(F)cc1S(=O)(=O)NCCCO. The fourth-order valence-electron chi connectivity index (χ4n) is 1.36. The average molecular weight is 291 g/mol. The van der Waals surface area contributed by atoms with Crippen LogP contribution in [0.1, 0.15) is 16.8 Å². The summed E-state index contributed by atoms with van der Waals surface area (Å²) in [6.07, 6.45) is 0.210. The molecule has 0 bridgehead atoms. The van der Waals surface area contributed by atoms with Crippen LogP contribution >= 0.6 is 0 Å². The standard InChI is InChI=1S/C11H14FNO5S/c1-18-11(15)9-4-3-8(12)7-10(9)19(16,17)13-5-2-6-14/h3-4,7,13-14H,2,5-6H2,1H3. The monoisotopic (exact) mass is 291 g/mol. The van der Waals surface area contributed by atoms with Gasteiger partial charge in [-0.1, -0.05) is 0 Å². The van der Waals surface area contributed by atoms with E-state index in [4.69, 9.17) is 5.11 Å². The number of carbonyl (C=O) groups is 1. The van der Waals surface area contributed by atoms with E-state index >= 15 is 0 Å². The number of hydrogen-bond acceptors (Lipinski definition) is 5. The summed E-state index contributed by atoms with van der Waals surface area (Å²) in [5.41, 5.74) is -0.250. The lowest BCUT2D eigenvalue weighted by Gasteiger charge is -2.10. The zero-order chi connectivity index (χ0) is 14.5. The molecule has 0 aliphatic heterocycles. The Labute approximate surface area is 110 Å². The van der Waals surface area contributed by atoms with Crippen LogP contribution in [-0.2, 0) is 14.8 Å². The number of carbonyl (C=O) groups excluding carboxylic acids is 1. The highest BCUT2D eigenvalue weighted by Gasteiger charge is 2.23. The van der Waals surface area contributed by atoms with Gasteiger partial charge in [0.15, 0.2) is 0 Å². The summed E-state index contributed by atoms with van der Waals surface area (Å²) < 4.78 is 43.6. The van der Waals surface area contributed by atoms with Crippen LogP contribution < -0.4 is 4.72 Å². The second-order valence-electron chi connectivity index (χ2n) is 3.61. The topological polar surface area (TPSA) is 92.7 Å². The molecule has 0 aliphatic carbocycles. The Bertz CT molecular complexity index is 558. The molecule has 0 saturated carbocycles. The number of aliphatic hydroxyl groups excluding tert-OH is 1. The molecule has 1 aromatic carbocycles. The third kappa shape index (κ3) is 3.98. The van der Waals surface area contributed by atoms with Crippen LogP contribution in [0.25, 0.3) is 0 Å². The van der Waals surface area contributed by atoms with Gasteiger partial charge >= 0.3 is 5.97 Å². The molecule has 0 spiro atoms. The van der Waals surface area contributed by atoms with E-state index in [-0.39, 0.29) is 25.1 Å². The van der Waals surface area contributed by atoms with Gasteiger partial charge in [-0.2, -0.15) is 0 Å². The van der Waals surface area contributed by atoms with Gasteiger partial charge in [0.2, 0.25) is 10.0 Å². The number of hydrogen-bond donors (Lipinski definition) is 2. The Hall–Kier alpha value is -1.51. The van der Waals surface area contributed by atoms with Crippen molar-refractivity contribution in [1.82, 2.24) is 4.72 Å². The van der Waals surface area contributed by atoms with Gasteiger partial charge in [-0.3, -0.25) is 0 Å². The van der Waals surface area contributed by atoms with E-state index in [1.54, 1.807) is 0 Å². The molecule has 0 saturated heterocycles. The van der Waals surface area contributed by atoms with E-state index < -0.39 is 26.7 Å². The van der Waals surface area contributed by atoms with Crippen molar-refractivity contribution in [3.8, 4) is 0 Å². The molecule has 0 aromatic heterocycles. The van der Waals surface area contributed by atoms with Gasteiger partial charge in [0, 0.05) is 13.2 Å². The third-order valence-corrected chi connectivity index (χ3v) is 3.77. The fourth-order valence-corrected chi connectivity index (χ4v) is 2.64. The lowest BCUT2D eigenvalue weighted by molar-refractivity contribution is 0.0596. The molecule has 1 aromatic rings. The van der Waals surface area contributed by atoms with Gasteiger partial charge in [0.25, 0.3) is 0 Å². The highest BCUT2D eigenvalue weighted by molar-refractivity contribution is 7.89. The van der Waals surface area contributed by atoms with Crippen molar-refractivity contribution in [2.75, 3.05) is 20.3 Å². The van der Waals surface area contributed by atoms with Gasteiger partial charge in [-0.15, -0.1) is 0 Å². The summed E-state index contributed by atoms with van der Waals surface area (Å²) in [4.78, 5) is 11.0. The van der Waals surface area contributed by atoms with Crippen molar-refractivity contribution >= 4 is 16.0 Å². The molecule has 19 heavy (non-hydrogen) atoms. The Balaban J connectivity index is 3.16. The Morgan fingerprint density at radius 2 is 2.16 bits per heavy atom. The van der Waals surface area contributed by atoms with Gasteiger partial charge in [0.1, 0.15) is 5.82 Å². The van der Waals surface area contributed by atoms with Gasteiger partial charge < -0.3 is 9.84 Å². The first-order valence-corrected chi connectivity index (χ1v) is 6.89. The highest BCUT2D eigenvalue weighted by Crippen LogP contribution is 2.18. The van der Waals surface area contributed by atoms with E-state index in [2.05, 4.69) is 9.46 Å². The van der Waals surface area contributed by atoms with Crippen LogP contribution in [0.4, 0.5) is 4.39 Å². The van der Waals surface area contributed by atoms with Crippen LogP contribution in [0.5, 0.6) is 0 Å². The second-order valence-corrected chi connectivity index (χ2v) is 5.34. The number of rotatable bonds is 6. The predicted octanol–water partition coefficient (Wildman–Crippen LogP) is 0.273. The lowest BCUT2D eigenvalue weighted by atomic mass is 10.2. The van der Waals surface area contributed by atoms with Crippen molar-refractivity contribution in [3.05, 3.63) is 29.6 Å². The third-order valence-electron chi connectivity index (χ3n) is 2.27. The zero-order valence-electron chi connectivity index (χ0n) is 10.2. The highest BCUT2D eigenvalue weighted by atomic mass is 32.2. The van der Waals surface area contributed by atoms with Crippen LogP contribution in [0.15, 0.2) is 23.1 Å². The van der Waals surface area contributed by atoms with Crippen LogP contribution in [0.2, 0.25) is 0 Å². The number of methoxy groups -OCH3 is 1. The molecule has 0 unspecified atom stereocenters. The van der Waals surface area contributed by atoms with Gasteiger partial charge in [0.05, 0.1) is 17.6 Å². The van der Waals surface area contributed by atoms with E-state index in [0.29, 0.717) is 0 Å². The molecule has 0 fully saturated rings. The number of ether oxygens (including phenoxy) is 1. The lowest BCUT2D eigenvalue weighted by Crippen LogP contribution is -2.27. The molecule has 8 heteroatoms. The van der Waals surface area contributed by atoms with Gasteiger partial charge in [-0.05, 0) is 24.6 Å². The van der Waals surface area contributed by atoms with Crippen LogP contribution in [-0.4, -0.2) is 39.8 Å². The molecule has 0 aliphatic rings. The number of esters is 1. The average Bonchev–Trinajstić information content (AvgIpc) is 2.38. The Kier molecular flexibility index (Phi) is 5.40. The smallest absolute Gasteiger partial charge is 0.339 e. The van der Waals surface area contributed by atoms with Crippen LogP contribution in [0.3, 0.4) is 0 Å². The predicted molar refractivity (Wildman–Crippen MR) is 64.6 cm³/mol. The maximum Gasteiger partial charge on any atom is 0.339 e. The molecule has 106 valence electrons. The van der Waals surface area contributed by atoms with Crippen molar-refractivity contribution in [1.29, 1.82) is 0 Å². The zero-order valence-corrected chi connectivity index (χ0v) is 11.0. The molecule has 0 atom stereocenters. The quantitative estimate of drug-likeness (QED) is 0.580. The molecule has 6 nitrogen and oxygen atoms in total. The summed E-state index contributed by atoms with van der Waals surface area (Å²) in [5.74, 6) is -1.65. The van der Waals surface area contributed by atoms with Crippen LogP contribution in [0, 0.1) is 5.82 Å². The first kappa shape index (κ1) is 15.5. The number of sulfonamides is 1. The normalized spacial score (nSPS) is 11.3. The molecule has 0 heterocycles. The molecule has 1 rings (SSSR count). The van der Waals surface area contributed by atoms with E-state index in [1.807, 2.05) is 0 Å². The second kappa shape index (κ2) is 6.60. The van der Waals surface area contributed by atoms with Crippen molar-refractivity contribution in [2.24, 2.45) is 0 Å².